The van der Waals surface area contributed by atoms with E-state index in [4.69, 9.17) is 23.2 Å². The van der Waals surface area contributed by atoms with Gasteiger partial charge in [-0.1, -0.05) is 35.3 Å². The van der Waals surface area contributed by atoms with Gasteiger partial charge in [0.2, 0.25) is 0 Å². The van der Waals surface area contributed by atoms with Crippen molar-refractivity contribution >= 4 is 51.4 Å². The van der Waals surface area contributed by atoms with Crippen molar-refractivity contribution in [1.82, 2.24) is 9.55 Å². The Morgan fingerprint density at radius 2 is 2.00 bits per heavy atom. The molecule has 0 saturated carbocycles. The van der Waals surface area contributed by atoms with Gasteiger partial charge in [0.05, 0.1) is 26.4 Å². The van der Waals surface area contributed by atoms with Gasteiger partial charge in [0.1, 0.15) is 5.82 Å². The summed E-state index contributed by atoms with van der Waals surface area (Å²) >= 11 is 12.2. The van der Waals surface area contributed by atoms with E-state index in [2.05, 4.69) is 4.98 Å². The van der Waals surface area contributed by atoms with Crippen LogP contribution >= 0.6 is 23.2 Å². The van der Waals surface area contributed by atoms with E-state index in [0.29, 0.717) is 45.3 Å². The van der Waals surface area contributed by atoms with Crippen LogP contribution in [0.2, 0.25) is 10.0 Å². The third kappa shape index (κ3) is 2.67. The van der Waals surface area contributed by atoms with E-state index >= 15 is 0 Å². The molecule has 2 aromatic carbocycles. The Kier molecular flexibility index (Phi) is 4.01. The summed E-state index contributed by atoms with van der Waals surface area (Å²) in [7, 11) is 0. The fraction of sp³-hybridized carbons (Fsp3) is 0.111. The predicted molar refractivity (Wildman–Crippen MR) is 102 cm³/mol. The minimum atomic E-state index is -0.429. The SMILES string of the molecule is O=c1c2cc(Cl)cc(Cl)c2nc2n1CC/C2=C\c1ccccc1[N+](=O)[O-]. The van der Waals surface area contributed by atoms with E-state index in [-0.39, 0.29) is 11.2 Å². The Morgan fingerprint density at radius 3 is 2.77 bits per heavy atom. The molecule has 0 bridgehead atoms. The lowest BCUT2D eigenvalue weighted by Gasteiger charge is -2.07. The molecular formula is C18H11Cl2N3O3. The summed E-state index contributed by atoms with van der Waals surface area (Å²) in [4.78, 5) is 28.1. The zero-order valence-electron chi connectivity index (χ0n) is 13.3. The monoisotopic (exact) mass is 387 g/mol. The first-order valence-corrected chi connectivity index (χ1v) is 8.55. The predicted octanol–water partition coefficient (Wildman–Crippen LogP) is 4.56. The van der Waals surface area contributed by atoms with Crippen LogP contribution in [0.4, 0.5) is 5.69 Å². The highest BCUT2D eigenvalue weighted by atomic mass is 35.5. The molecule has 0 fully saturated rings. The van der Waals surface area contributed by atoms with Crippen molar-refractivity contribution in [1.29, 1.82) is 0 Å². The number of hydrogen-bond donors (Lipinski definition) is 0. The molecular weight excluding hydrogens is 377 g/mol. The van der Waals surface area contributed by atoms with Crippen LogP contribution in [0.3, 0.4) is 0 Å². The van der Waals surface area contributed by atoms with Gasteiger partial charge in [0.25, 0.3) is 11.2 Å². The number of nitrogens with zero attached hydrogens (tertiary/aromatic N) is 3. The van der Waals surface area contributed by atoms with E-state index in [1.54, 1.807) is 34.9 Å². The van der Waals surface area contributed by atoms with Gasteiger partial charge in [-0.3, -0.25) is 19.5 Å². The number of allylic oxidation sites excluding steroid dienone is 1. The standard InChI is InChI=1S/C18H11Cl2N3O3/c19-12-8-13-16(14(20)9-12)21-17-11(5-6-22(17)18(13)24)7-10-3-1-2-4-15(10)23(25)26/h1-4,7-9H,5-6H2/b11-7+. The Hall–Kier alpha value is -2.70. The van der Waals surface area contributed by atoms with Crippen molar-refractivity contribution < 1.29 is 4.92 Å². The second-order valence-corrected chi connectivity index (χ2v) is 6.76. The number of para-hydroxylation sites is 1. The molecule has 8 heteroatoms. The third-order valence-electron chi connectivity index (χ3n) is 4.33. The molecule has 6 nitrogen and oxygen atoms in total. The van der Waals surface area contributed by atoms with Gasteiger partial charge in [0.15, 0.2) is 0 Å². The van der Waals surface area contributed by atoms with Gasteiger partial charge in [-0.2, -0.15) is 0 Å². The van der Waals surface area contributed by atoms with E-state index < -0.39 is 4.92 Å². The molecule has 1 aliphatic heterocycles. The molecule has 130 valence electrons. The maximum absolute atomic E-state index is 12.8. The topological polar surface area (TPSA) is 78.0 Å². The van der Waals surface area contributed by atoms with Crippen molar-refractivity contribution in [2.24, 2.45) is 0 Å². The molecule has 0 radical (unpaired) electrons. The molecule has 0 atom stereocenters. The maximum atomic E-state index is 12.8. The van der Waals surface area contributed by atoms with Gasteiger partial charge in [0, 0.05) is 17.6 Å². The highest BCUT2D eigenvalue weighted by Crippen LogP contribution is 2.32. The molecule has 0 amide bonds. The van der Waals surface area contributed by atoms with Gasteiger partial charge in [-0.25, -0.2) is 4.98 Å². The van der Waals surface area contributed by atoms with E-state index in [9.17, 15) is 14.9 Å². The van der Waals surface area contributed by atoms with Crippen molar-refractivity contribution in [3.63, 3.8) is 0 Å². The molecule has 1 aromatic heterocycles. The van der Waals surface area contributed by atoms with Crippen molar-refractivity contribution in [2.75, 3.05) is 0 Å². The van der Waals surface area contributed by atoms with Gasteiger partial charge in [-0.15, -0.1) is 0 Å². The van der Waals surface area contributed by atoms with Gasteiger partial charge >= 0.3 is 0 Å². The quantitative estimate of drug-likeness (QED) is 0.477. The first kappa shape index (κ1) is 16.8. The van der Waals surface area contributed by atoms with Crippen LogP contribution in [0.15, 0.2) is 41.2 Å². The molecule has 2 heterocycles. The molecule has 0 aliphatic carbocycles. The summed E-state index contributed by atoms with van der Waals surface area (Å²) in [5.41, 5.74) is 1.39. The molecule has 0 saturated heterocycles. The first-order valence-electron chi connectivity index (χ1n) is 7.79. The molecule has 0 unspecified atom stereocenters. The average molecular weight is 388 g/mol. The summed E-state index contributed by atoms with van der Waals surface area (Å²) in [5, 5.41) is 12.2. The van der Waals surface area contributed by atoms with Crippen LogP contribution in [0.5, 0.6) is 0 Å². The van der Waals surface area contributed by atoms with Crippen molar-refractivity contribution in [2.45, 2.75) is 13.0 Å². The number of aromatic nitrogens is 2. The van der Waals surface area contributed by atoms with Crippen LogP contribution in [0, 0.1) is 10.1 Å². The molecule has 0 spiro atoms. The average Bonchev–Trinajstić information content (AvgIpc) is 3.00. The third-order valence-corrected chi connectivity index (χ3v) is 4.84. The minimum absolute atomic E-state index is 0.00593. The number of benzene rings is 2. The molecule has 0 N–H and O–H groups in total. The molecule has 4 rings (SSSR count). The Morgan fingerprint density at radius 1 is 1.23 bits per heavy atom. The van der Waals surface area contributed by atoms with Crippen LogP contribution in [0.1, 0.15) is 17.8 Å². The summed E-state index contributed by atoms with van der Waals surface area (Å²) in [6, 6.07) is 9.54. The molecule has 26 heavy (non-hydrogen) atoms. The fourth-order valence-electron chi connectivity index (χ4n) is 3.15. The van der Waals surface area contributed by atoms with E-state index in [0.717, 1.165) is 5.57 Å². The largest absolute Gasteiger partial charge is 0.292 e. The smallest absolute Gasteiger partial charge is 0.276 e. The second kappa shape index (κ2) is 6.23. The molecule has 3 aromatic rings. The highest BCUT2D eigenvalue weighted by molar-refractivity contribution is 6.38. The summed E-state index contributed by atoms with van der Waals surface area (Å²) in [5.74, 6) is 0.477. The van der Waals surface area contributed by atoms with Gasteiger partial charge in [-0.05, 0) is 36.3 Å². The van der Waals surface area contributed by atoms with E-state index in [1.807, 2.05) is 0 Å². The number of fused-ring (bicyclic) bond motifs is 2. The Bertz CT molecular complexity index is 1170. The second-order valence-electron chi connectivity index (χ2n) is 5.91. The zero-order valence-corrected chi connectivity index (χ0v) is 14.8. The number of nitro groups is 1. The lowest BCUT2D eigenvalue weighted by atomic mass is 10.1. The normalized spacial score (nSPS) is 14.8. The summed E-state index contributed by atoms with van der Waals surface area (Å²) < 4.78 is 1.55. The Labute approximate surface area is 157 Å². The number of halogens is 2. The zero-order chi connectivity index (χ0) is 18.4. The lowest BCUT2D eigenvalue weighted by molar-refractivity contribution is -0.385. The number of rotatable bonds is 2. The van der Waals surface area contributed by atoms with Crippen LogP contribution in [0.25, 0.3) is 22.6 Å². The fourth-order valence-corrected chi connectivity index (χ4v) is 3.68. The number of nitro benzene ring substituents is 1. The maximum Gasteiger partial charge on any atom is 0.276 e. The summed E-state index contributed by atoms with van der Waals surface area (Å²) in [6.07, 6.45) is 2.26. The lowest BCUT2D eigenvalue weighted by Crippen LogP contribution is -2.20. The van der Waals surface area contributed by atoms with Gasteiger partial charge < -0.3 is 0 Å². The minimum Gasteiger partial charge on any atom is -0.292 e. The summed E-state index contributed by atoms with van der Waals surface area (Å²) in [6.45, 7) is 0.452. The Balaban J connectivity index is 1.94. The van der Waals surface area contributed by atoms with Crippen LogP contribution < -0.4 is 5.56 Å². The van der Waals surface area contributed by atoms with Crippen LogP contribution in [-0.2, 0) is 6.54 Å². The van der Waals surface area contributed by atoms with E-state index in [1.165, 1.54) is 12.1 Å². The molecule has 1 aliphatic rings. The van der Waals surface area contributed by atoms with Crippen LogP contribution in [-0.4, -0.2) is 14.5 Å². The van der Waals surface area contributed by atoms with Crippen molar-refractivity contribution in [3.05, 3.63) is 78.3 Å². The van der Waals surface area contributed by atoms with Crippen molar-refractivity contribution in [3.8, 4) is 0 Å². The number of hydrogen-bond acceptors (Lipinski definition) is 4. The highest BCUT2D eigenvalue weighted by Gasteiger charge is 2.23. The first-order chi connectivity index (χ1) is 12.5.